The molecular weight excluding hydrogens is 625 g/mol. The van der Waals surface area contributed by atoms with Gasteiger partial charge < -0.3 is 0 Å². The smallest absolute Gasteiger partial charge is 0.00201 e. The van der Waals surface area contributed by atoms with Gasteiger partial charge in [0.15, 0.2) is 0 Å². The summed E-state index contributed by atoms with van der Waals surface area (Å²) in [6.07, 6.45) is 0. The second-order valence-electron chi connectivity index (χ2n) is 14.0. The molecule has 0 heterocycles. The molecule has 0 atom stereocenters. The van der Waals surface area contributed by atoms with Crippen LogP contribution in [0.15, 0.2) is 194 Å². The molecule has 0 N–H and O–H groups in total. The highest BCUT2D eigenvalue weighted by atomic mass is 14.2. The first-order valence-electron chi connectivity index (χ1n) is 18.1. The van der Waals surface area contributed by atoms with Gasteiger partial charge in [-0.3, -0.25) is 0 Å². The molecule has 0 aromatic heterocycles. The molecule has 0 spiro atoms. The Morgan fingerprint density at radius 2 is 0.596 bits per heavy atom. The van der Waals surface area contributed by atoms with Gasteiger partial charge in [-0.2, -0.15) is 0 Å². The minimum absolute atomic E-state index is 1.24. The number of rotatable bonds is 3. The number of hydrogen-bond donors (Lipinski definition) is 0. The van der Waals surface area contributed by atoms with Gasteiger partial charge >= 0.3 is 0 Å². The van der Waals surface area contributed by atoms with Crippen molar-refractivity contribution in [2.45, 2.75) is 0 Å². The highest BCUT2D eigenvalue weighted by Gasteiger charge is 2.20. The molecule has 0 aliphatic rings. The summed E-state index contributed by atoms with van der Waals surface area (Å²) in [7, 11) is 0. The number of fused-ring (bicyclic) bond motifs is 10. The van der Waals surface area contributed by atoms with Crippen LogP contribution in [-0.2, 0) is 0 Å². The molecule has 0 aliphatic carbocycles. The third-order valence-electron chi connectivity index (χ3n) is 11.2. The van der Waals surface area contributed by atoms with Crippen molar-refractivity contribution in [3.8, 4) is 33.4 Å². The first-order valence-corrected chi connectivity index (χ1v) is 18.1. The molecule has 0 saturated heterocycles. The molecule has 0 radical (unpaired) electrons. The molecule has 0 fully saturated rings. The Bertz CT molecular complexity index is 3140. The zero-order chi connectivity index (χ0) is 34.2. The van der Waals surface area contributed by atoms with E-state index in [2.05, 4.69) is 194 Å². The van der Waals surface area contributed by atoms with E-state index in [-0.39, 0.29) is 0 Å². The summed E-state index contributed by atoms with van der Waals surface area (Å²) in [6, 6.07) is 71.9. The summed E-state index contributed by atoms with van der Waals surface area (Å²) in [4.78, 5) is 0. The summed E-state index contributed by atoms with van der Waals surface area (Å²) < 4.78 is 0. The van der Waals surface area contributed by atoms with Crippen LogP contribution in [0.2, 0.25) is 0 Å². The lowest BCUT2D eigenvalue weighted by Crippen LogP contribution is -1.93. The van der Waals surface area contributed by atoms with E-state index in [0.717, 1.165) is 0 Å². The van der Waals surface area contributed by atoms with Gasteiger partial charge in [0.05, 0.1) is 0 Å². The molecule has 11 aromatic carbocycles. The normalized spacial score (nSPS) is 11.8. The first-order chi connectivity index (χ1) is 25.8. The van der Waals surface area contributed by atoms with Gasteiger partial charge in [-0.15, -0.1) is 0 Å². The van der Waals surface area contributed by atoms with Crippen LogP contribution in [0.1, 0.15) is 0 Å². The average Bonchev–Trinajstić information content (AvgIpc) is 3.22. The molecule has 0 bridgehead atoms. The summed E-state index contributed by atoms with van der Waals surface area (Å²) in [5.74, 6) is 0. The van der Waals surface area contributed by atoms with Crippen molar-refractivity contribution in [2.24, 2.45) is 0 Å². The van der Waals surface area contributed by atoms with Gasteiger partial charge in [0.1, 0.15) is 0 Å². The van der Waals surface area contributed by atoms with Crippen molar-refractivity contribution < 1.29 is 0 Å². The van der Waals surface area contributed by atoms with E-state index in [1.807, 2.05) is 0 Å². The monoisotopic (exact) mass is 656 g/mol. The van der Waals surface area contributed by atoms with Gasteiger partial charge in [0.2, 0.25) is 0 Å². The maximum absolute atomic E-state index is 2.44. The lowest BCUT2D eigenvalue weighted by Gasteiger charge is -2.20. The Labute approximate surface area is 301 Å². The van der Waals surface area contributed by atoms with Crippen molar-refractivity contribution in [3.05, 3.63) is 194 Å². The van der Waals surface area contributed by atoms with Crippen LogP contribution >= 0.6 is 0 Å². The molecule has 0 unspecified atom stereocenters. The molecule has 11 aromatic rings. The fourth-order valence-corrected chi connectivity index (χ4v) is 8.92. The zero-order valence-electron chi connectivity index (χ0n) is 28.5. The molecule has 0 aliphatic heterocycles. The largest absolute Gasteiger partial charge is 0.0616 e. The van der Waals surface area contributed by atoms with Crippen LogP contribution in [-0.4, -0.2) is 0 Å². The van der Waals surface area contributed by atoms with Gasteiger partial charge in [-0.25, -0.2) is 0 Å². The van der Waals surface area contributed by atoms with Crippen LogP contribution in [0.4, 0.5) is 0 Å². The van der Waals surface area contributed by atoms with Crippen molar-refractivity contribution >= 4 is 75.4 Å². The van der Waals surface area contributed by atoms with E-state index in [1.165, 1.54) is 109 Å². The van der Waals surface area contributed by atoms with E-state index < -0.39 is 0 Å². The molecular formula is C52H32. The topological polar surface area (TPSA) is 0 Å². The highest BCUT2D eigenvalue weighted by molar-refractivity contribution is 6.28. The molecule has 0 heteroatoms. The molecule has 240 valence electrons. The van der Waals surface area contributed by atoms with Crippen molar-refractivity contribution in [1.82, 2.24) is 0 Å². The molecule has 0 amide bonds. The third kappa shape index (κ3) is 4.28. The predicted octanol–water partition coefficient (Wildman–Crippen LogP) is 14.8. The fraction of sp³-hybridized carbons (Fsp3) is 0. The van der Waals surface area contributed by atoms with E-state index >= 15 is 0 Å². The quantitative estimate of drug-likeness (QED) is 0.131. The van der Waals surface area contributed by atoms with E-state index in [4.69, 9.17) is 0 Å². The van der Waals surface area contributed by atoms with Gasteiger partial charge in [0.25, 0.3) is 0 Å². The van der Waals surface area contributed by atoms with Crippen LogP contribution in [0.25, 0.3) is 109 Å². The first kappa shape index (κ1) is 29.0. The second-order valence-corrected chi connectivity index (χ2v) is 14.0. The van der Waals surface area contributed by atoms with Gasteiger partial charge in [-0.05, 0) is 121 Å². The lowest BCUT2D eigenvalue weighted by molar-refractivity contribution is 1.66. The third-order valence-corrected chi connectivity index (χ3v) is 11.2. The Morgan fingerprint density at radius 3 is 1.19 bits per heavy atom. The predicted molar refractivity (Wildman–Crippen MR) is 225 cm³/mol. The highest BCUT2D eigenvalue weighted by Crippen LogP contribution is 2.47. The van der Waals surface area contributed by atoms with Crippen LogP contribution in [0.3, 0.4) is 0 Å². The maximum Gasteiger partial charge on any atom is -0.00201 e. The molecule has 11 rings (SSSR count). The van der Waals surface area contributed by atoms with Crippen molar-refractivity contribution in [2.75, 3.05) is 0 Å². The fourth-order valence-electron chi connectivity index (χ4n) is 8.92. The minimum Gasteiger partial charge on any atom is -0.0616 e. The maximum atomic E-state index is 2.44. The van der Waals surface area contributed by atoms with E-state index in [0.29, 0.717) is 0 Å². The summed E-state index contributed by atoms with van der Waals surface area (Å²) in [6.45, 7) is 0. The second kappa shape index (κ2) is 11.4. The molecule has 52 heavy (non-hydrogen) atoms. The van der Waals surface area contributed by atoms with Crippen LogP contribution < -0.4 is 0 Å². The van der Waals surface area contributed by atoms with Crippen molar-refractivity contribution in [1.29, 1.82) is 0 Å². The summed E-state index contributed by atoms with van der Waals surface area (Å²) >= 11 is 0. The SMILES string of the molecule is c1ccc2cc(-c3ccc(-c4c5ccccc5c(-c5ccc6c7ccccc7c7ccccc7c6c5)c5ccccc45)c4ccccc34)ccc2c1. The summed E-state index contributed by atoms with van der Waals surface area (Å²) in [5.41, 5.74) is 7.56. The van der Waals surface area contributed by atoms with Gasteiger partial charge in [-0.1, -0.05) is 182 Å². The number of hydrogen-bond acceptors (Lipinski definition) is 0. The minimum atomic E-state index is 1.24. The average molecular weight is 657 g/mol. The molecule has 0 saturated carbocycles. The van der Waals surface area contributed by atoms with E-state index in [1.54, 1.807) is 0 Å². The lowest BCUT2D eigenvalue weighted by atomic mass is 9.83. The standard InChI is InChI=1S/C52H32/c1-2-14-34-31-35(26-25-33(34)13-1)37-29-30-49(42-19-7-3-15-38(37)42)52-47-23-11-9-21-45(47)51(46-22-10-12-24-48(46)52)36-27-28-44-41-18-5-4-16-39(41)40-17-6-8-20-43(40)50(44)32-36/h1-32H. The Hall–Kier alpha value is -6.76. The van der Waals surface area contributed by atoms with E-state index in [9.17, 15) is 0 Å². The van der Waals surface area contributed by atoms with Gasteiger partial charge in [0, 0.05) is 0 Å². The Balaban J connectivity index is 1.19. The molecule has 0 nitrogen and oxygen atoms in total. The zero-order valence-corrected chi connectivity index (χ0v) is 28.5. The summed E-state index contributed by atoms with van der Waals surface area (Å²) in [5, 5.41) is 17.9. The van der Waals surface area contributed by atoms with Crippen LogP contribution in [0, 0.1) is 0 Å². The Morgan fingerprint density at radius 1 is 0.192 bits per heavy atom. The number of benzene rings is 11. The van der Waals surface area contributed by atoms with Crippen LogP contribution in [0.5, 0.6) is 0 Å². The Kier molecular flexibility index (Phi) is 6.35. The van der Waals surface area contributed by atoms with Crippen molar-refractivity contribution in [3.63, 3.8) is 0 Å².